The predicted molar refractivity (Wildman–Crippen MR) is 162 cm³/mol. The average Bonchev–Trinajstić information content (AvgIpc) is 2.99. The van der Waals surface area contributed by atoms with Crippen LogP contribution in [0.5, 0.6) is 5.75 Å². The van der Waals surface area contributed by atoms with Gasteiger partial charge in [0.2, 0.25) is 10.0 Å². The Kier molecular flexibility index (Phi) is 10.0. The van der Waals surface area contributed by atoms with Crippen LogP contribution >= 0.6 is 0 Å². The number of nitro benzene ring substituents is 1. The lowest BCUT2D eigenvalue weighted by Crippen LogP contribution is -2.49. The van der Waals surface area contributed by atoms with E-state index >= 15 is 0 Å². The molecule has 0 atom stereocenters. The number of amides is 2. The third-order valence-corrected chi connectivity index (χ3v) is 9.91. The second kappa shape index (κ2) is 13.4. The van der Waals surface area contributed by atoms with Gasteiger partial charge in [0.25, 0.3) is 11.6 Å². The number of ether oxygens (including phenoxy) is 2. The maximum atomic E-state index is 13.8. The molecule has 2 aliphatic heterocycles. The molecule has 15 heteroatoms. The summed E-state index contributed by atoms with van der Waals surface area (Å²) in [6, 6.07) is 8.94. The number of carbonyl (C=O) groups excluding carboxylic acids is 2. The first-order valence-corrected chi connectivity index (χ1v) is 16.1. The lowest BCUT2D eigenvalue weighted by Gasteiger charge is -2.42. The number of carbonyl (C=O) groups is 3. The minimum absolute atomic E-state index is 0.0219. The third kappa shape index (κ3) is 8.08. The van der Waals surface area contributed by atoms with E-state index in [1.165, 1.54) is 36.4 Å². The van der Waals surface area contributed by atoms with E-state index in [2.05, 4.69) is 5.32 Å². The van der Waals surface area contributed by atoms with Gasteiger partial charge < -0.3 is 24.8 Å². The van der Waals surface area contributed by atoms with Crippen LogP contribution in [-0.2, 0) is 14.8 Å². The summed E-state index contributed by atoms with van der Waals surface area (Å²) >= 11 is 0. The van der Waals surface area contributed by atoms with E-state index in [9.17, 15) is 38.0 Å². The number of rotatable bonds is 4. The molecule has 14 nitrogen and oxygen atoms in total. The first-order valence-electron chi connectivity index (χ1n) is 14.6. The van der Waals surface area contributed by atoms with Crippen molar-refractivity contribution in [1.29, 1.82) is 0 Å². The molecular formula is C30H38N4O10S. The third-order valence-electron chi connectivity index (χ3n) is 7.96. The molecule has 2 N–H and O–H groups in total. The minimum Gasteiger partial charge on any atom is -0.491 e. The molecule has 0 radical (unpaired) electrons. The molecule has 0 bridgehead atoms. The average molecular weight is 647 g/mol. The largest absolute Gasteiger partial charge is 0.491 e. The number of likely N-dealkylation sites (tertiary alicyclic amines) is 1. The smallest absolute Gasteiger partial charge is 0.410 e. The summed E-state index contributed by atoms with van der Waals surface area (Å²) < 4.78 is 40.0. The van der Waals surface area contributed by atoms with Crippen molar-refractivity contribution in [2.45, 2.75) is 57.0 Å². The molecule has 2 aromatic carbocycles. The van der Waals surface area contributed by atoms with Gasteiger partial charge in [-0.2, -0.15) is 4.31 Å². The molecule has 244 valence electrons. The van der Waals surface area contributed by atoms with E-state index in [1.54, 1.807) is 25.7 Å². The Morgan fingerprint density at radius 2 is 1.76 bits per heavy atom. The highest BCUT2D eigenvalue weighted by atomic mass is 32.2. The molecule has 1 saturated heterocycles. The van der Waals surface area contributed by atoms with Crippen LogP contribution in [0.25, 0.3) is 0 Å². The van der Waals surface area contributed by atoms with E-state index < -0.39 is 54.5 Å². The molecule has 0 saturated carbocycles. The van der Waals surface area contributed by atoms with Crippen LogP contribution in [0.3, 0.4) is 0 Å². The van der Waals surface area contributed by atoms with E-state index in [1.807, 2.05) is 0 Å². The number of nitrogens with zero attached hydrogens (tertiary/aromatic N) is 3. The van der Waals surface area contributed by atoms with E-state index in [-0.39, 0.29) is 43.1 Å². The molecule has 0 unspecified atom stereocenters. The van der Waals surface area contributed by atoms with Crippen LogP contribution in [0.15, 0.2) is 47.4 Å². The summed E-state index contributed by atoms with van der Waals surface area (Å²) in [6.07, 6.45) is 1.36. The molecule has 2 aliphatic rings. The van der Waals surface area contributed by atoms with Crippen LogP contribution in [0.4, 0.5) is 10.5 Å². The van der Waals surface area contributed by atoms with Gasteiger partial charge in [-0.15, -0.1) is 0 Å². The molecule has 2 aromatic rings. The Balaban J connectivity index is 1.66. The van der Waals surface area contributed by atoms with Crippen molar-refractivity contribution in [2.24, 2.45) is 5.41 Å². The van der Waals surface area contributed by atoms with E-state index in [0.717, 1.165) is 10.4 Å². The quantitative estimate of drug-likeness (QED) is 0.364. The van der Waals surface area contributed by atoms with Crippen molar-refractivity contribution in [2.75, 3.05) is 39.3 Å². The second-order valence-corrected chi connectivity index (χ2v) is 14.2. The zero-order valence-corrected chi connectivity index (χ0v) is 26.3. The first kappa shape index (κ1) is 33.6. The fraction of sp³-hybridized carbons (Fsp3) is 0.500. The number of hydrogen-bond acceptors (Lipinski definition) is 9. The molecule has 45 heavy (non-hydrogen) atoms. The van der Waals surface area contributed by atoms with Gasteiger partial charge in [0, 0.05) is 38.8 Å². The van der Waals surface area contributed by atoms with Crippen molar-refractivity contribution < 1.29 is 42.3 Å². The zero-order chi connectivity index (χ0) is 33.0. The number of benzene rings is 2. The Hall–Kier alpha value is -4.24. The molecule has 4 rings (SSSR count). The van der Waals surface area contributed by atoms with Crippen LogP contribution in [0, 0.1) is 15.5 Å². The summed E-state index contributed by atoms with van der Waals surface area (Å²) in [7, 11) is -4.34. The van der Waals surface area contributed by atoms with Gasteiger partial charge >= 0.3 is 12.1 Å². The van der Waals surface area contributed by atoms with Gasteiger partial charge in [-0.1, -0.05) is 12.1 Å². The zero-order valence-electron chi connectivity index (χ0n) is 25.5. The molecular weight excluding hydrogens is 608 g/mol. The number of sulfonamides is 1. The number of piperidine rings is 1. The summed E-state index contributed by atoms with van der Waals surface area (Å²) in [5.74, 6) is -1.72. The summed E-state index contributed by atoms with van der Waals surface area (Å²) in [5.41, 5.74) is -1.89. The Bertz CT molecular complexity index is 1560. The van der Waals surface area contributed by atoms with Crippen molar-refractivity contribution in [3.05, 3.63) is 63.7 Å². The first-order chi connectivity index (χ1) is 21.1. The summed E-state index contributed by atoms with van der Waals surface area (Å²) in [5, 5.41) is 24.1. The van der Waals surface area contributed by atoms with Crippen molar-refractivity contribution in [1.82, 2.24) is 14.5 Å². The standard InChI is InChI=1S/C30H38N4O10S/c1-29(2,3)44-28(38)32-15-12-30(13-16-32)11-6-14-33(45(41,42)25-8-5-4-7-23(25)34(39)40)17-18-43-24-10-9-21(27(36)37)19-22(24)26(35)31-20-30/h4-5,7-10,19H,6,11-18,20H2,1-3H3,(H,31,35)(H,36,37). The number of para-hydroxylation sites is 1. The fourth-order valence-corrected chi connectivity index (χ4v) is 7.16. The normalized spacial score (nSPS) is 18.3. The summed E-state index contributed by atoms with van der Waals surface area (Å²) in [4.78, 5) is 49.9. The molecule has 2 heterocycles. The fourth-order valence-electron chi connectivity index (χ4n) is 5.54. The Labute approximate surface area is 261 Å². The van der Waals surface area contributed by atoms with Crippen molar-refractivity contribution in [3.8, 4) is 5.75 Å². The van der Waals surface area contributed by atoms with Crippen molar-refractivity contribution in [3.63, 3.8) is 0 Å². The number of nitrogens with one attached hydrogen (secondary N) is 1. The Morgan fingerprint density at radius 3 is 2.40 bits per heavy atom. The molecule has 2 amide bonds. The van der Waals surface area contributed by atoms with Crippen molar-refractivity contribution >= 4 is 33.7 Å². The maximum absolute atomic E-state index is 13.8. The summed E-state index contributed by atoms with van der Waals surface area (Å²) in [6.45, 7) is 5.86. The topological polar surface area (TPSA) is 186 Å². The molecule has 1 fully saturated rings. The molecule has 0 aromatic heterocycles. The number of fused-ring (bicyclic) bond motifs is 1. The van der Waals surface area contributed by atoms with Crippen LogP contribution < -0.4 is 10.1 Å². The SMILES string of the molecule is CC(C)(C)OC(=O)N1CCC2(CCCN(S(=O)(=O)c3ccccc3[N+](=O)[O-])CCOc3ccc(C(=O)O)cc3C(=O)NC2)CC1. The van der Waals surface area contributed by atoms with E-state index in [4.69, 9.17) is 9.47 Å². The van der Waals surface area contributed by atoms with Gasteiger partial charge in [-0.05, 0) is 76.1 Å². The number of carboxylic acid groups (broad SMARTS) is 1. The van der Waals surface area contributed by atoms with Crippen LogP contribution in [0.2, 0.25) is 0 Å². The van der Waals surface area contributed by atoms with Crippen LogP contribution in [-0.4, -0.2) is 90.6 Å². The number of nitro groups is 1. The predicted octanol–water partition coefficient (Wildman–Crippen LogP) is 3.90. The highest BCUT2D eigenvalue weighted by Crippen LogP contribution is 2.37. The van der Waals surface area contributed by atoms with E-state index in [0.29, 0.717) is 38.8 Å². The number of carboxylic acids is 1. The number of hydrogen-bond donors (Lipinski definition) is 2. The van der Waals surface area contributed by atoms with Gasteiger partial charge in [-0.3, -0.25) is 14.9 Å². The maximum Gasteiger partial charge on any atom is 0.410 e. The van der Waals surface area contributed by atoms with Crippen LogP contribution in [0.1, 0.15) is 67.2 Å². The highest BCUT2D eigenvalue weighted by molar-refractivity contribution is 7.89. The molecule has 1 spiro atoms. The second-order valence-electron chi connectivity index (χ2n) is 12.2. The van der Waals surface area contributed by atoms with Gasteiger partial charge in [-0.25, -0.2) is 18.0 Å². The molecule has 0 aliphatic carbocycles. The lowest BCUT2D eigenvalue weighted by atomic mass is 9.74. The Morgan fingerprint density at radius 1 is 1.07 bits per heavy atom. The highest BCUT2D eigenvalue weighted by Gasteiger charge is 2.39. The monoisotopic (exact) mass is 646 g/mol. The number of aromatic carboxylic acids is 1. The van der Waals surface area contributed by atoms with Gasteiger partial charge in [0.05, 0.1) is 16.1 Å². The minimum atomic E-state index is -4.34. The van der Waals surface area contributed by atoms with Gasteiger partial charge in [0.15, 0.2) is 4.90 Å². The van der Waals surface area contributed by atoms with Gasteiger partial charge in [0.1, 0.15) is 18.0 Å². The lowest BCUT2D eigenvalue weighted by molar-refractivity contribution is -0.387.